The normalized spacial score (nSPS) is 19.9. The molecule has 1 aliphatic rings. The molecule has 0 bridgehead atoms. The van der Waals surface area contributed by atoms with E-state index in [0.29, 0.717) is 5.56 Å². The molecule has 0 spiro atoms. The minimum atomic E-state index is -1.28. The van der Waals surface area contributed by atoms with E-state index in [4.69, 9.17) is 4.74 Å². The number of amides is 3. The fourth-order valence-corrected chi connectivity index (χ4v) is 2.69. The second-order valence-corrected chi connectivity index (χ2v) is 5.80. The molecule has 1 N–H and O–H groups in total. The molecule has 0 aliphatic carbocycles. The van der Waals surface area contributed by atoms with Gasteiger partial charge in [0.05, 0.1) is 6.54 Å². The van der Waals surface area contributed by atoms with E-state index < -0.39 is 29.1 Å². The third kappa shape index (κ3) is 3.17. The number of nitrogens with zero attached hydrogens (tertiary/aromatic N) is 1. The second-order valence-electron chi connectivity index (χ2n) is 5.80. The van der Waals surface area contributed by atoms with E-state index in [0.717, 1.165) is 4.90 Å². The van der Waals surface area contributed by atoms with Gasteiger partial charge < -0.3 is 10.1 Å². The highest BCUT2D eigenvalue weighted by atomic mass is 19.1. The van der Waals surface area contributed by atoms with Crippen LogP contribution in [0.15, 0.2) is 48.5 Å². The molecular weight excluding hydrogens is 330 g/mol. The van der Waals surface area contributed by atoms with Crippen LogP contribution >= 0.6 is 0 Å². The molecule has 2 aromatic rings. The first-order valence-electron chi connectivity index (χ1n) is 7.69. The molecule has 1 aliphatic heterocycles. The lowest BCUT2D eigenvalue weighted by molar-refractivity contribution is -0.131. The molecule has 2 aromatic carbocycles. The smallest absolute Gasteiger partial charge is 0.325 e. The van der Waals surface area contributed by atoms with Crippen molar-refractivity contribution < 1.29 is 23.1 Å². The van der Waals surface area contributed by atoms with Gasteiger partial charge in [-0.1, -0.05) is 24.3 Å². The molecule has 0 aromatic heterocycles. The predicted octanol–water partition coefficient (Wildman–Crippen LogP) is 2.81. The number of urea groups is 1. The number of carbonyl (C=O) groups excluding carboxylic acids is 2. The molecule has 1 heterocycles. The van der Waals surface area contributed by atoms with Crippen molar-refractivity contribution in [1.82, 2.24) is 10.2 Å². The van der Waals surface area contributed by atoms with Crippen LogP contribution in [-0.2, 0) is 10.3 Å². The zero-order valence-corrected chi connectivity index (χ0v) is 13.5. The first kappa shape index (κ1) is 16.9. The van der Waals surface area contributed by atoms with Gasteiger partial charge >= 0.3 is 6.03 Å². The number of halogens is 2. The zero-order valence-electron chi connectivity index (χ0n) is 13.5. The first-order valence-corrected chi connectivity index (χ1v) is 7.69. The molecular formula is C18H16F2N2O3. The summed E-state index contributed by atoms with van der Waals surface area (Å²) in [5.41, 5.74) is -0.798. The number of rotatable bonds is 5. The van der Waals surface area contributed by atoms with Crippen molar-refractivity contribution in [2.45, 2.75) is 12.5 Å². The van der Waals surface area contributed by atoms with Crippen LogP contribution in [0.4, 0.5) is 13.6 Å². The molecule has 3 rings (SSSR count). The number of carbonyl (C=O) groups is 2. The second kappa shape index (κ2) is 6.51. The van der Waals surface area contributed by atoms with Crippen LogP contribution in [0.25, 0.3) is 0 Å². The number of imide groups is 1. The Kier molecular flexibility index (Phi) is 4.39. The van der Waals surface area contributed by atoms with Crippen LogP contribution in [0.1, 0.15) is 12.5 Å². The SMILES string of the molecule is C[C@@]1(c2ccc(F)cc2)NC(=O)N(CCOc2ccccc2F)C1=O. The number of ether oxygens (including phenoxy) is 1. The Hall–Kier alpha value is -2.96. The van der Waals surface area contributed by atoms with Gasteiger partial charge in [-0.25, -0.2) is 13.6 Å². The standard InChI is InChI=1S/C18H16F2N2O3/c1-18(12-6-8-13(19)9-7-12)16(23)22(17(24)21-18)10-11-25-15-5-3-2-4-14(15)20/h2-9H,10-11H2,1H3,(H,21,24)/t18-/m0/s1. The van der Waals surface area contributed by atoms with Crippen molar-refractivity contribution in [1.29, 1.82) is 0 Å². The molecule has 1 atom stereocenters. The van der Waals surface area contributed by atoms with Gasteiger partial charge in [0, 0.05) is 0 Å². The summed E-state index contributed by atoms with van der Waals surface area (Å²) in [5.74, 6) is -1.37. The largest absolute Gasteiger partial charge is 0.489 e. The van der Waals surface area contributed by atoms with Crippen molar-refractivity contribution in [2.24, 2.45) is 0 Å². The summed E-state index contributed by atoms with van der Waals surface area (Å²) in [6.45, 7) is 1.48. The molecule has 7 heteroatoms. The van der Waals surface area contributed by atoms with Crippen molar-refractivity contribution in [2.75, 3.05) is 13.2 Å². The van der Waals surface area contributed by atoms with Crippen molar-refractivity contribution in [3.05, 3.63) is 65.7 Å². The van der Waals surface area contributed by atoms with Crippen LogP contribution < -0.4 is 10.1 Å². The third-order valence-corrected chi connectivity index (χ3v) is 4.11. The lowest BCUT2D eigenvalue weighted by Crippen LogP contribution is -2.41. The molecule has 25 heavy (non-hydrogen) atoms. The highest BCUT2D eigenvalue weighted by Gasteiger charge is 2.48. The van der Waals surface area contributed by atoms with E-state index in [2.05, 4.69) is 5.32 Å². The maximum Gasteiger partial charge on any atom is 0.325 e. The van der Waals surface area contributed by atoms with Gasteiger partial charge in [0.1, 0.15) is 18.0 Å². The van der Waals surface area contributed by atoms with Gasteiger partial charge in [0.25, 0.3) is 5.91 Å². The average molecular weight is 346 g/mol. The van der Waals surface area contributed by atoms with Gasteiger partial charge in [-0.3, -0.25) is 9.69 Å². The quantitative estimate of drug-likeness (QED) is 0.847. The van der Waals surface area contributed by atoms with E-state index in [1.54, 1.807) is 13.0 Å². The first-order chi connectivity index (χ1) is 11.9. The summed E-state index contributed by atoms with van der Waals surface area (Å²) in [7, 11) is 0. The monoisotopic (exact) mass is 346 g/mol. The lowest BCUT2D eigenvalue weighted by atomic mass is 9.92. The Morgan fingerprint density at radius 3 is 2.44 bits per heavy atom. The minimum absolute atomic E-state index is 0.0320. The third-order valence-electron chi connectivity index (χ3n) is 4.11. The molecule has 1 fully saturated rings. The van der Waals surface area contributed by atoms with E-state index in [9.17, 15) is 18.4 Å². The minimum Gasteiger partial charge on any atom is -0.489 e. The van der Waals surface area contributed by atoms with E-state index in [1.165, 1.54) is 42.5 Å². The zero-order chi connectivity index (χ0) is 18.0. The molecule has 1 saturated heterocycles. The molecule has 0 saturated carbocycles. The molecule has 5 nitrogen and oxygen atoms in total. The summed E-state index contributed by atoms with van der Waals surface area (Å²) >= 11 is 0. The summed E-state index contributed by atoms with van der Waals surface area (Å²) < 4.78 is 31.9. The van der Waals surface area contributed by atoms with Gasteiger partial charge in [-0.05, 0) is 36.8 Å². The fraction of sp³-hybridized carbons (Fsp3) is 0.222. The Morgan fingerprint density at radius 2 is 1.76 bits per heavy atom. The van der Waals surface area contributed by atoms with Crippen molar-refractivity contribution >= 4 is 11.9 Å². The van der Waals surface area contributed by atoms with Crippen LogP contribution in [0.3, 0.4) is 0 Å². The Balaban J connectivity index is 1.69. The highest BCUT2D eigenvalue weighted by Crippen LogP contribution is 2.28. The summed E-state index contributed by atoms with van der Waals surface area (Å²) in [5, 5.41) is 2.61. The maximum atomic E-state index is 13.5. The van der Waals surface area contributed by atoms with Crippen molar-refractivity contribution in [3.63, 3.8) is 0 Å². The molecule has 3 amide bonds. The average Bonchev–Trinajstić information content (AvgIpc) is 2.81. The van der Waals surface area contributed by atoms with E-state index in [1.807, 2.05) is 0 Å². The molecule has 0 unspecified atom stereocenters. The van der Waals surface area contributed by atoms with Gasteiger partial charge in [-0.15, -0.1) is 0 Å². The number of hydrogen-bond acceptors (Lipinski definition) is 3. The van der Waals surface area contributed by atoms with Gasteiger partial charge in [-0.2, -0.15) is 0 Å². The lowest BCUT2D eigenvalue weighted by Gasteiger charge is -2.22. The van der Waals surface area contributed by atoms with Crippen LogP contribution in [0.2, 0.25) is 0 Å². The van der Waals surface area contributed by atoms with Gasteiger partial charge in [0.15, 0.2) is 11.6 Å². The summed E-state index contributed by atoms with van der Waals surface area (Å²) in [6.07, 6.45) is 0. The topological polar surface area (TPSA) is 58.6 Å². The summed E-state index contributed by atoms with van der Waals surface area (Å²) in [4.78, 5) is 25.8. The van der Waals surface area contributed by atoms with Gasteiger partial charge in [0.2, 0.25) is 0 Å². The van der Waals surface area contributed by atoms with Crippen LogP contribution in [-0.4, -0.2) is 30.0 Å². The Morgan fingerprint density at radius 1 is 1.08 bits per heavy atom. The number of hydrogen-bond donors (Lipinski definition) is 1. The number of nitrogens with one attached hydrogen (secondary N) is 1. The van der Waals surface area contributed by atoms with Crippen LogP contribution in [0.5, 0.6) is 5.75 Å². The number of para-hydroxylation sites is 1. The highest BCUT2D eigenvalue weighted by molar-refractivity contribution is 6.07. The Bertz CT molecular complexity index is 810. The predicted molar refractivity (Wildman–Crippen MR) is 85.9 cm³/mol. The Labute approximate surface area is 143 Å². The molecule has 0 radical (unpaired) electrons. The summed E-state index contributed by atoms with van der Waals surface area (Å²) in [6, 6.07) is 10.7. The number of benzene rings is 2. The fourth-order valence-electron chi connectivity index (χ4n) is 2.69. The van der Waals surface area contributed by atoms with Crippen molar-refractivity contribution in [3.8, 4) is 5.75 Å². The molecule has 130 valence electrons. The van der Waals surface area contributed by atoms with Crippen LogP contribution in [0, 0.1) is 11.6 Å². The van der Waals surface area contributed by atoms with E-state index >= 15 is 0 Å². The van der Waals surface area contributed by atoms with E-state index in [-0.39, 0.29) is 18.9 Å². The maximum absolute atomic E-state index is 13.5.